The molecule has 0 aliphatic heterocycles. The summed E-state index contributed by atoms with van der Waals surface area (Å²) in [6, 6.07) is 14.4. The Kier molecular flexibility index (Phi) is 5.31. The van der Waals surface area contributed by atoms with Crippen LogP contribution in [0.3, 0.4) is 0 Å². The van der Waals surface area contributed by atoms with Gasteiger partial charge in [0.15, 0.2) is 0 Å². The van der Waals surface area contributed by atoms with Crippen molar-refractivity contribution in [2.24, 2.45) is 0 Å². The number of hydrogen-bond acceptors (Lipinski definition) is 6. The summed E-state index contributed by atoms with van der Waals surface area (Å²) in [5, 5.41) is 6.83. The molecule has 0 saturated carbocycles. The fourth-order valence-electron chi connectivity index (χ4n) is 3.79. The molecular weight excluding hydrogens is 460 g/mol. The van der Waals surface area contributed by atoms with Gasteiger partial charge in [-0.15, -0.1) is 11.3 Å². The number of esters is 1. The number of aromatic nitrogens is 2. The second-order valence-corrected chi connectivity index (χ2v) is 9.32. The molecule has 33 heavy (non-hydrogen) atoms. The Balaban J connectivity index is 1.46. The lowest BCUT2D eigenvalue weighted by atomic mass is 10.0. The smallest absolute Gasteiger partial charge is 0.348 e. The van der Waals surface area contributed by atoms with Crippen molar-refractivity contribution in [3.63, 3.8) is 0 Å². The molecule has 3 heterocycles. The zero-order valence-corrected chi connectivity index (χ0v) is 19.7. The Morgan fingerprint density at radius 1 is 1.12 bits per heavy atom. The molecular formula is C25H19ClN2O4S. The molecule has 0 spiro atoms. The molecule has 166 valence electrons. The van der Waals surface area contributed by atoms with Crippen molar-refractivity contribution >= 4 is 50.1 Å². The minimum atomic E-state index is -0.471. The highest BCUT2D eigenvalue weighted by Gasteiger charge is 2.19. The van der Waals surface area contributed by atoms with Gasteiger partial charge < -0.3 is 9.15 Å². The third-order valence-corrected chi connectivity index (χ3v) is 7.00. The molecule has 5 aromatic rings. The van der Waals surface area contributed by atoms with E-state index in [2.05, 4.69) is 5.10 Å². The lowest BCUT2D eigenvalue weighted by Gasteiger charge is -2.09. The van der Waals surface area contributed by atoms with Gasteiger partial charge in [0, 0.05) is 27.4 Å². The molecule has 0 aliphatic carbocycles. The SMILES string of the molecule is Cc1ccc2c(COC(=O)c3cc4c(C)nn(-c5cccc(Cl)c5)c4s3)cc(=O)oc2c1C. The number of aryl methyl sites for hydroxylation is 3. The molecule has 2 aromatic carbocycles. The van der Waals surface area contributed by atoms with Crippen LogP contribution >= 0.6 is 22.9 Å². The van der Waals surface area contributed by atoms with E-state index < -0.39 is 11.6 Å². The van der Waals surface area contributed by atoms with Crippen molar-refractivity contribution in [3.8, 4) is 5.69 Å². The van der Waals surface area contributed by atoms with E-state index in [0.717, 1.165) is 38.1 Å². The number of nitrogens with zero attached hydrogens (tertiary/aromatic N) is 2. The average Bonchev–Trinajstić information content (AvgIpc) is 3.35. The van der Waals surface area contributed by atoms with Crippen LogP contribution in [0.4, 0.5) is 0 Å². The molecule has 5 rings (SSSR count). The maximum Gasteiger partial charge on any atom is 0.348 e. The van der Waals surface area contributed by atoms with Crippen molar-refractivity contribution in [2.75, 3.05) is 0 Å². The van der Waals surface area contributed by atoms with Crippen LogP contribution in [0.2, 0.25) is 5.02 Å². The van der Waals surface area contributed by atoms with Crippen molar-refractivity contribution in [1.29, 1.82) is 0 Å². The maximum atomic E-state index is 12.9. The Hall–Kier alpha value is -3.42. The quantitative estimate of drug-likeness (QED) is 0.229. The first kappa shape index (κ1) is 21.4. The van der Waals surface area contributed by atoms with Crippen LogP contribution in [0.1, 0.15) is 32.1 Å². The molecule has 0 aliphatic rings. The van der Waals surface area contributed by atoms with Gasteiger partial charge in [-0.3, -0.25) is 0 Å². The third-order valence-electron chi connectivity index (χ3n) is 5.67. The maximum absolute atomic E-state index is 12.9. The first-order valence-corrected chi connectivity index (χ1v) is 11.5. The normalized spacial score (nSPS) is 11.4. The predicted molar refractivity (Wildman–Crippen MR) is 130 cm³/mol. The number of halogens is 1. The highest BCUT2D eigenvalue weighted by Crippen LogP contribution is 2.32. The van der Waals surface area contributed by atoms with Gasteiger partial charge in [-0.05, 0) is 56.2 Å². The lowest BCUT2D eigenvalue weighted by Crippen LogP contribution is -2.07. The summed E-state index contributed by atoms with van der Waals surface area (Å²) >= 11 is 7.44. The van der Waals surface area contributed by atoms with E-state index in [-0.39, 0.29) is 6.61 Å². The van der Waals surface area contributed by atoms with Crippen molar-refractivity contribution in [2.45, 2.75) is 27.4 Å². The van der Waals surface area contributed by atoms with E-state index in [1.54, 1.807) is 16.8 Å². The van der Waals surface area contributed by atoms with Crippen molar-refractivity contribution in [3.05, 3.63) is 91.2 Å². The Labute approximate surface area is 198 Å². The highest BCUT2D eigenvalue weighted by atomic mass is 35.5. The van der Waals surface area contributed by atoms with Crippen molar-refractivity contribution < 1.29 is 13.9 Å². The molecule has 8 heteroatoms. The van der Waals surface area contributed by atoms with Crippen LogP contribution in [0, 0.1) is 20.8 Å². The van der Waals surface area contributed by atoms with Gasteiger partial charge in [-0.25, -0.2) is 14.3 Å². The van der Waals surface area contributed by atoms with E-state index in [1.165, 1.54) is 17.4 Å². The molecule has 0 bridgehead atoms. The second-order valence-electron chi connectivity index (χ2n) is 7.86. The number of fused-ring (bicyclic) bond motifs is 2. The number of benzene rings is 2. The van der Waals surface area contributed by atoms with E-state index in [0.29, 0.717) is 21.0 Å². The largest absolute Gasteiger partial charge is 0.457 e. The summed E-state index contributed by atoms with van der Waals surface area (Å²) in [5.41, 5.74) is 4.19. The first-order valence-electron chi connectivity index (χ1n) is 10.3. The zero-order chi connectivity index (χ0) is 23.3. The minimum Gasteiger partial charge on any atom is -0.457 e. The fraction of sp³-hybridized carbons (Fsp3) is 0.160. The standard InChI is InChI=1S/C25H19ClN2O4S/c1-13-7-8-19-16(9-22(29)32-23(19)14(13)2)12-31-25(30)21-11-20-15(3)27-28(24(20)33-21)18-6-4-5-17(26)10-18/h4-11H,12H2,1-3H3. The molecule has 0 unspecified atom stereocenters. The summed E-state index contributed by atoms with van der Waals surface area (Å²) in [6.45, 7) is 5.72. The summed E-state index contributed by atoms with van der Waals surface area (Å²) in [6.07, 6.45) is 0. The predicted octanol–water partition coefficient (Wildman–Crippen LogP) is 6.13. The van der Waals surface area contributed by atoms with Gasteiger partial charge in [0.1, 0.15) is 21.9 Å². The van der Waals surface area contributed by atoms with E-state index in [9.17, 15) is 9.59 Å². The molecule has 0 atom stereocenters. The van der Waals surface area contributed by atoms with Crippen LogP contribution < -0.4 is 5.63 Å². The fourth-order valence-corrected chi connectivity index (χ4v) is 5.05. The van der Waals surface area contributed by atoms with Crippen LogP contribution in [-0.4, -0.2) is 15.7 Å². The van der Waals surface area contributed by atoms with Crippen LogP contribution in [-0.2, 0) is 11.3 Å². The van der Waals surface area contributed by atoms with E-state index >= 15 is 0 Å². The van der Waals surface area contributed by atoms with E-state index in [1.807, 2.05) is 51.1 Å². The molecule has 0 N–H and O–H groups in total. The molecule has 6 nitrogen and oxygen atoms in total. The van der Waals surface area contributed by atoms with E-state index in [4.69, 9.17) is 20.8 Å². The molecule has 3 aromatic heterocycles. The monoisotopic (exact) mass is 478 g/mol. The van der Waals surface area contributed by atoms with Gasteiger partial charge in [0.2, 0.25) is 0 Å². The number of ether oxygens (including phenoxy) is 1. The van der Waals surface area contributed by atoms with Gasteiger partial charge in [0.25, 0.3) is 0 Å². The average molecular weight is 479 g/mol. The Bertz CT molecular complexity index is 1610. The van der Waals surface area contributed by atoms with Gasteiger partial charge >= 0.3 is 11.6 Å². The summed E-state index contributed by atoms with van der Waals surface area (Å²) < 4.78 is 12.8. The van der Waals surface area contributed by atoms with Gasteiger partial charge in [0.05, 0.1) is 11.4 Å². The van der Waals surface area contributed by atoms with Gasteiger partial charge in [-0.2, -0.15) is 5.10 Å². The minimum absolute atomic E-state index is 0.0307. The molecule has 0 amide bonds. The van der Waals surface area contributed by atoms with Crippen LogP contribution in [0.5, 0.6) is 0 Å². The third kappa shape index (κ3) is 3.83. The highest BCUT2D eigenvalue weighted by molar-refractivity contribution is 7.20. The zero-order valence-electron chi connectivity index (χ0n) is 18.1. The van der Waals surface area contributed by atoms with Crippen LogP contribution in [0.15, 0.2) is 57.7 Å². The summed E-state index contributed by atoms with van der Waals surface area (Å²) in [7, 11) is 0. The number of carbonyl (C=O) groups is 1. The second kappa shape index (κ2) is 8.17. The number of rotatable bonds is 4. The molecule has 0 saturated heterocycles. The number of carbonyl (C=O) groups excluding carboxylic acids is 1. The molecule has 0 radical (unpaired) electrons. The topological polar surface area (TPSA) is 74.3 Å². The first-order chi connectivity index (χ1) is 15.8. The van der Waals surface area contributed by atoms with Crippen LogP contribution in [0.25, 0.3) is 26.9 Å². The number of thiophene rings is 1. The lowest BCUT2D eigenvalue weighted by molar-refractivity contribution is 0.0479. The van der Waals surface area contributed by atoms with Gasteiger partial charge in [-0.1, -0.05) is 29.8 Å². The summed E-state index contributed by atoms with van der Waals surface area (Å²) in [5.74, 6) is -0.460. The molecule has 0 fully saturated rings. The van der Waals surface area contributed by atoms with Crippen molar-refractivity contribution in [1.82, 2.24) is 9.78 Å². The Morgan fingerprint density at radius 3 is 2.73 bits per heavy atom. The summed E-state index contributed by atoms with van der Waals surface area (Å²) in [4.78, 5) is 26.2. The Morgan fingerprint density at radius 2 is 1.94 bits per heavy atom. The number of hydrogen-bond donors (Lipinski definition) is 0.